The average Bonchev–Trinajstić information content (AvgIpc) is 3.20. The Kier molecular flexibility index (Phi) is 8.01. The highest BCUT2D eigenvalue weighted by Gasteiger charge is 2.29. The van der Waals surface area contributed by atoms with Crippen molar-refractivity contribution < 1.29 is 9.53 Å². The molecule has 2 aromatic rings. The second-order valence-electron chi connectivity index (χ2n) is 11.2. The van der Waals surface area contributed by atoms with E-state index in [0.717, 1.165) is 32.6 Å². The molecule has 1 saturated heterocycles. The molecule has 0 aliphatic carbocycles. The summed E-state index contributed by atoms with van der Waals surface area (Å²) in [6.45, 7) is 15.7. The molecular formula is C29H40N2O2. The summed E-state index contributed by atoms with van der Waals surface area (Å²) in [5.74, 6) is 0.469. The van der Waals surface area contributed by atoms with Crippen molar-refractivity contribution in [2.75, 3.05) is 19.6 Å². The number of carbonyl (C=O) groups excluding carboxylic acids is 1. The fraction of sp³-hybridized carbons (Fsp3) is 0.483. The molecule has 1 heterocycles. The predicted octanol–water partition coefficient (Wildman–Crippen LogP) is 6.50. The first-order valence-corrected chi connectivity index (χ1v) is 12.1. The van der Waals surface area contributed by atoms with Gasteiger partial charge in [-0.25, -0.2) is 4.79 Å². The molecule has 3 rings (SSSR count). The van der Waals surface area contributed by atoms with E-state index in [1.165, 1.54) is 22.3 Å². The summed E-state index contributed by atoms with van der Waals surface area (Å²) in [5, 5.41) is 3.57. The molecule has 4 heteroatoms. The highest BCUT2D eigenvalue weighted by Crippen LogP contribution is 2.23. The summed E-state index contributed by atoms with van der Waals surface area (Å²) in [4.78, 5) is 14.1. The van der Waals surface area contributed by atoms with E-state index in [9.17, 15) is 4.79 Å². The van der Waals surface area contributed by atoms with Gasteiger partial charge < -0.3 is 15.0 Å². The van der Waals surface area contributed by atoms with Gasteiger partial charge in [0.25, 0.3) is 0 Å². The number of ether oxygens (including phenoxy) is 1. The molecule has 0 spiro atoms. The Bertz CT molecular complexity index is 949. The van der Waals surface area contributed by atoms with Crippen molar-refractivity contribution in [2.45, 2.75) is 65.5 Å². The topological polar surface area (TPSA) is 41.6 Å². The molecule has 1 aliphatic rings. The lowest BCUT2D eigenvalue weighted by Gasteiger charge is -2.24. The fourth-order valence-corrected chi connectivity index (χ4v) is 4.01. The fourth-order valence-electron chi connectivity index (χ4n) is 4.01. The van der Waals surface area contributed by atoms with Crippen molar-refractivity contribution in [1.82, 2.24) is 10.2 Å². The van der Waals surface area contributed by atoms with Crippen LogP contribution in [0.4, 0.5) is 4.79 Å². The van der Waals surface area contributed by atoms with Crippen LogP contribution in [0.15, 0.2) is 48.5 Å². The van der Waals surface area contributed by atoms with E-state index in [0.29, 0.717) is 5.92 Å². The van der Waals surface area contributed by atoms with Crippen molar-refractivity contribution in [3.63, 3.8) is 0 Å². The zero-order chi connectivity index (χ0) is 24.1. The molecule has 1 N–H and O–H groups in total. The lowest BCUT2D eigenvalue weighted by atomic mass is 9.87. The summed E-state index contributed by atoms with van der Waals surface area (Å²) < 4.78 is 5.49. The van der Waals surface area contributed by atoms with E-state index in [1.807, 2.05) is 25.7 Å². The maximum atomic E-state index is 12.2. The highest BCUT2D eigenvalue weighted by molar-refractivity contribution is 5.70. The summed E-state index contributed by atoms with van der Waals surface area (Å²) in [5.41, 5.74) is 4.76. The first kappa shape index (κ1) is 25.0. The van der Waals surface area contributed by atoms with Crippen molar-refractivity contribution >= 4 is 18.2 Å². The van der Waals surface area contributed by atoms with Crippen LogP contribution in [0.25, 0.3) is 12.2 Å². The van der Waals surface area contributed by atoms with E-state index >= 15 is 0 Å². The minimum atomic E-state index is -0.442. The van der Waals surface area contributed by atoms with Crippen LogP contribution in [-0.4, -0.2) is 36.2 Å². The molecule has 0 bridgehead atoms. The molecule has 2 aromatic carbocycles. The number of amides is 1. The smallest absolute Gasteiger partial charge is 0.410 e. The average molecular weight is 449 g/mol. The van der Waals surface area contributed by atoms with Crippen molar-refractivity contribution in [3.05, 3.63) is 70.8 Å². The minimum absolute atomic E-state index is 0.177. The third-order valence-electron chi connectivity index (χ3n) is 5.90. The van der Waals surface area contributed by atoms with Gasteiger partial charge in [-0.2, -0.15) is 0 Å². The molecule has 178 valence electrons. The van der Waals surface area contributed by atoms with Gasteiger partial charge in [0, 0.05) is 26.2 Å². The van der Waals surface area contributed by atoms with E-state index < -0.39 is 5.60 Å². The van der Waals surface area contributed by atoms with Gasteiger partial charge in [-0.15, -0.1) is 0 Å². The molecule has 0 saturated carbocycles. The zero-order valence-corrected chi connectivity index (χ0v) is 21.2. The third-order valence-corrected chi connectivity index (χ3v) is 5.90. The van der Waals surface area contributed by atoms with E-state index in [-0.39, 0.29) is 11.5 Å². The maximum absolute atomic E-state index is 12.2. The van der Waals surface area contributed by atoms with Gasteiger partial charge in [-0.1, -0.05) is 81.5 Å². The second-order valence-corrected chi connectivity index (χ2v) is 11.2. The van der Waals surface area contributed by atoms with Gasteiger partial charge in [0.2, 0.25) is 0 Å². The SMILES string of the molecule is CC(C)(C)OC(=O)N1CCC(CNCc2cccc(/C=C\c3ccc(C(C)(C)C)cc3)c2)C1. The van der Waals surface area contributed by atoms with Crippen LogP contribution in [0, 0.1) is 5.92 Å². The Morgan fingerprint density at radius 2 is 1.73 bits per heavy atom. The van der Waals surface area contributed by atoms with Crippen LogP contribution in [-0.2, 0) is 16.7 Å². The molecule has 1 amide bonds. The summed E-state index contributed by atoms with van der Waals surface area (Å²) in [6.07, 6.45) is 5.16. The molecule has 1 fully saturated rings. The number of nitrogens with zero attached hydrogens (tertiary/aromatic N) is 1. The van der Waals surface area contributed by atoms with Crippen LogP contribution < -0.4 is 5.32 Å². The Morgan fingerprint density at radius 3 is 2.39 bits per heavy atom. The Balaban J connectivity index is 1.47. The van der Waals surface area contributed by atoms with Crippen molar-refractivity contribution in [3.8, 4) is 0 Å². The van der Waals surface area contributed by atoms with Gasteiger partial charge in [0.05, 0.1) is 0 Å². The number of hydrogen-bond donors (Lipinski definition) is 1. The lowest BCUT2D eigenvalue weighted by Crippen LogP contribution is -2.36. The normalized spacial score (nSPS) is 17.0. The maximum Gasteiger partial charge on any atom is 0.410 e. The monoisotopic (exact) mass is 448 g/mol. The summed E-state index contributed by atoms with van der Waals surface area (Å²) in [6, 6.07) is 17.4. The van der Waals surface area contributed by atoms with Gasteiger partial charge in [0.15, 0.2) is 0 Å². The molecule has 1 unspecified atom stereocenters. The molecular weight excluding hydrogens is 408 g/mol. The van der Waals surface area contributed by atoms with Crippen molar-refractivity contribution in [2.24, 2.45) is 5.92 Å². The number of hydrogen-bond acceptors (Lipinski definition) is 3. The third kappa shape index (κ3) is 8.04. The Hall–Kier alpha value is -2.59. The number of rotatable bonds is 6. The van der Waals surface area contributed by atoms with Crippen molar-refractivity contribution in [1.29, 1.82) is 0 Å². The number of carbonyl (C=O) groups is 1. The summed E-state index contributed by atoms with van der Waals surface area (Å²) in [7, 11) is 0. The number of nitrogens with one attached hydrogen (secondary N) is 1. The quantitative estimate of drug-likeness (QED) is 0.513. The standard InChI is InChI=1S/C29H40N2O2/c1-28(2,3)26-14-12-22(13-15-26)10-11-23-8-7-9-24(18-23)19-30-20-25-16-17-31(21-25)27(32)33-29(4,5)6/h7-15,18,25,30H,16-17,19-21H2,1-6H3/b11-10-. The van der Waals surface area contributed by atoms with Crippen LogP contribution in [0.2, 0.25) is 0 Å². The van der Waals surface area contributed by atoms with Crippen LogP contribution in [0.1, 0.15) is 70.2 Å². The Morgan fingerprint density at radius 1 is 1.03 bits per heavy atom. The molecule has 1 aliphatic heterocycles. The largest absolute Gasteiger partial charge is 0.444 e. The molecule has 0 aromatic heterocycles. The second kappa shape index (κ2) is 10.6. The van der Waals surface area contributed by atoms with Gasteiger partial charge >= 0.3 is 6.09 Å². The minimum Gasteiger partial charge on any atom is -0.444 e. The molecule has 33 heavy (non-hydrogen) atoms. The van der Waals surface area contributed by atoms with E-state index in [2.05, 4.69) is 86.8 Å². The van der Waals surface area contributed by atoms with Gasteiger partial charge in [-0.3, -0.25) is 0 Å². The van der Waals surface area contributed by atoms with E-state index in [1.54, 1.807) is 0 Å². The first-order valence-electron chi connectivity index (χ1n) is 12.1. The number of likely N-dealkylation sites (tertiary alicyclic amines) is 1. The van der Waals surface area contributed by atoms with Crippen LogP contribution >= 0.6 is 0 Å². The summed E-state index contributed by atoms with van der Waals surface area (Å²) >= 11 is 0. The van der Waals surface area contributed by atoms with Crippen LogP contribution in [0.3, 0.4) is 0 Å². The molecule has 0 radical (unpaired) electrons. The lowest BCUT2D eigenvalue weighted by molar-refractivity contribution is 0.0288. The Labute approximate surface area is 200 Å². The van der Waals surface area contributed by atoms with E-state index in [4.69, 9.17) is 4.74 Å². The molecule has 4 nitrogen and oxygen atoms in total. The van der Waals surface area contributed by atoms with Gasteiger partial charge in [-0.05, 0) is 60.8 Å². The first-order chi connectivity index (χ1) is 15.5. The highest BCUT2D eigenvalue weighted by atomic mass is 16.6. The predicted molar refractivity (Wildman–Crippen MR) is 138 cm³/mol. The zero-order valence-electron chi connectivity index (χ0n) is 21.2. The van der Waals surface area contributed by atoms with Crippen LogP contribution in [0.5, 0.6) is 0 Å². The molecule has 1 atom stereocenters. The number of benzene rings is 2. The van der Waals surface area contributed by atoms with Gasteiger partial charge in [0.1, 0.15) is 5.60 Å².